The average Bonchev–Trinajstić information content (AvgIpc) is 3.16. The van der Waals surface area contributed by atoms with E-state index >= 15 is 0 Å². The van der Waals surface area contributed by atoms with Crippen molar-refractivity contribution in [2.75, 3.05) is 26.7 Å². The highest BCUT2D eigenvalue weighted by molar-refractivity contribution is 5.96. The number of hydrogen-bond donors (Lipinski definition) is 1. The first-order valence-electron chi connectivity index (χ1n) is 8.60. The summed E-state index contributed by atoms with van der Waals surface area (Å²) in [6, 6.07) is 7.95. The van der Waals surface area contributed by atoms with E-state index in [-0.39, 0.29) is 5.91 Å². The molecule has 1 amide bonds. The average molecular weight is 326 g/mol. The van der Waals surface area contributed by atoms with Crippen molar-refractivity contribution in [3.8, 4) is 0 Å². The summed E-state index contributed by atoms with van der Waals surface area (Å²) in [6.07, 6.45) is 2.89. The molecule has 5 nitrogen and oxygen atoms in total. The molecule has 5 heteroatoms. The Morgan fingerprint density at radius 2 is 2.21 bits per heavy atom. The van der Waals surface area contributed by atoms with E-state index in [4.69, 9.17) is 0 Å². The molecular weight excluding hydrogens is 300 g/mol. The maximum absolute atomic E-state index is 12.9. The van der Waals surface area contributed by atoms with Crippen molar-refractivity contribution in [2.45, 2.75) is 26.8 Å². The highest BCUT2D eigenvalue weighted by atomic mass is 16.2. The molecule has 1 unspecified atom stereocenters. The normalized spacial score (nSPS) is 17.5. The molecule has 0 spiro atoms. The standard InChI is InChI=1S/C19H26N4O/c1-14-10-18(19(24)22-9-7-16(12-22)11-20-3)15(2)23(14)13-17-6-4-5-8-21-17/h4-6,8,10,16,20H,7,9,11-13H2,1-3H3. The number of likely N-dealkylation sites (tertiary alicyclic amines) is 1. The molecule has 2 aromatic rings. The maximum Gasteiger partial charge on any atom is 0.255 e. The molecule has 2 aromatic heterocycles. The van der Waals surface area contributed by atoms with Crippen molar-refractivity contribution in [1.29, 1.82) is 0 Å². The quantitative estimate of drug-likeness (QED) is 0.917. The van der Waals surface area contributed by atoms with Gasteiger partial charge in [-0.25, -0.2) is 0 Å². The number of aromatic nitrogens is 2. The van der Waals surface area contributed by atoms with Crippen molar-refractivity contribution in [3.05, 3.63) is 53.1 Å². The largest absolute Gasteiger partial charge is 0.342 e. The lowest BCUT2D eigenvalue weighted by molar-refractivity contribution is 0.0786. The number of hydrogen-bond acceptors (Lipinski definition) is 3. The molecule has 0 radical (unpaired) electrons. The van der Waals surface area contributed by atoms with Crippen LogP contribution in [-0.4, -0.2) is 47.0 Å². The smallest absolute Gasteiger partial charge is 0.255 e. The first kappa shape index (κ1) is 16.7. The minimum atomic E-state index is 0.161. The molecular formula is C19H26N4O. The number of carbonyl (C=O) groups is 1. The lowest BCUT2D eigenvalue weighted by atomic mass is 10.1. The summed E-state index contributed by atoms with van der Waals surface area (Å²) >= 11 is 0. The van der Waals surface area contributed by atoms with Crippen LogP contribution in [0.3, 0.4) is 0 Å². The number of amides is 1. The highest BCUT2D eigenvalue weighted by Crippen LogP contribution is 2.22. The SMILES string of the molecule is CNCC1CCN(C(=O)c2cc(C)n(Cc3ccccn3)c2C)C1. The second kappa shape index (κ2) is 7.18. The molecule has 0 aliphatic carbocycles. The molecule has 1 N–H and O–H groups in total. The molecule has 3 heterocycles. The van der Waals surface area contributed by atoms with E-state index in [0.717, 1.165) is 48.7 Å². The van der Waals surface area contributed by atoms with Crippen LogP contribution in [0.5, 0.6) is 0 Å². The first-order chi connectivity index (χ1) is 11.6. The highest BCUT2D eigenvalue weighted by Gasteiger charge is 2.28. The van der Waals surface area contributed by atoms with Gasteiger partial charge in [0.15, 0.2) is 0 Å². The Hall–Kier alpha value is -2.14. The monoisotopic (exact) mass is 326 g/mol. The van der Waals surface area contributed by atoms with Crippen LogP contribution in [0.1, 0.15) is 33.9 Å². The van der Waals surface area contributed by atoms with Gasteiger partial charge in [0, 0.05) is 30.7 Å². The number of aryl methyl sites for hydroxylation is 1. The minimum Gasteiger partial charge on any atom is -0.342 e. The molecule has 1 saturated heterocycles. The molecule has 24 heavy (non-hydrogen) atoms. The number of rotatable bonds is 5. The third-order valence-electron chi connectivity index (χ3n) is 4.92. The Balaban J connectivity index is 1.77. The van der Waals surface area contributed by atoms with E-state index in [1.807, 2.05) is 49.3 Å². The predicted molar refractivity (Wildman–Crippen MR) is 95.2 cm³/mol. The Bertz CT molecular complexity index is 708. The summed E-state index contributed by atoms with van der Waals surface area (Å²) in [7, 11) is 1.97. The van der Waals surface area contributed by atoms with Crippen molar-refractivity contribution in [1.82, 2.24) is 19.8 Å². The van der Waals surface area contributed by atoms with Gasteiger partial charge in [-0.05, 0) is 58.0 Å². The zero-order valence-corrected chi connectivity index (χ0v) is 14.7. The zero-order valence-electron chi connectivity index (χ0n) is 14.7. The lowest BCUT2D eigenvalue weighted by Gasteiger charge is -2.17. The van der Waals surface area contributed by atoms with Gasteiger partial charge in [0.25, 0.3) is 5.91 Å². The van der Waals surface area contributed by atoms with Crippen molar-refractivity contribution >= 4 is 5.91 Å². The van der Waals surface area contributed by atoms with Gasteiger partial charge in [-0.1, -0.05) is 6.07 Å². The number of nitrogens with zero attached hydrogens (tertiary/aromatic N) is 3. The second-order valence-corrected chi connectivity index (χ2v) is 6.66. The van der Waals surface area contributed by atoms with E-state index in [9.17, 15) is 4.79 Å². The van der Waals surface area contributed by atoms with E-state index in [2.05, 4.69) is 21.8 Å². The van der Waals surface area contributed by atoms with Crippen LogP contribution in [0.25, 0.3) is 0 Å². The first-order valence-corrected chi connectivity index (χ1v) is 8.60. The number of pyridine rings is 1. The topological polar surface area (TPSA) is 50.2 Å². The summed E-state index contributed by atoms with van der Waals surface area (Å²) in [5.74, 6) is 0.727. The van der Waals surface area contributed by atoms with Gasteiger partial charge in [0.1, 0.15) is 0 Å². The third-order valence-corrected chi connectivity index (χ3v) is 4.92. The Kier molecular flexibility index (Phi) is 5.00. The Labute approximate surface area is 143 Å². The van der Waals surface area contributed by atoms with Gasteiger partial charge in [-0.2, -0.15) is 0 Å². The summed E-state index contributed by atoms with van der Waals surface area (Å²) < 4.78 is 2.18. The fourth-order valence-electron chi connectivity index (χ4n) is 3.56. The van der Waals surface area contributed by atoms with E-state index < -0.39 is 0 Å². The molecule has 128 valence electrons. The van der Waals surface area contributed by atoms with Crippen LogP contribution in [0.2, 0.25) is 0 Å². The van der Waals surface area contributed by atoms with Crippen LogP contribution in [0.4, 0.5) is 0 Å². The van der Waals surface area contributed by atoms with Crippen LogP contribution >= 0.6 is 0 Å². The third kappa shape index (κ3) is 3.36. The summed E-state index contributed by atoms with van der Waals surface area (Å²) in [5.41, 5.74) is 3.97. The van der Waals surface area contributed by atoms with Gasteiger partial charge in [0.2, 0.25) is 0 Å². The van der Waals surface area contributed by atoms with E-state index in [1.54, 1.807) is 0 Å². The van der Waals surface area contributed by atoms with E-state index in [0.29, 0.717) is 12.5 Å². The minimum absolute atomic E-state index is 0.161. The van der Waals surface area contributed by atoms with Gasteiger partial charge in [-0.3, -0.25) is 9.78 Å². The number of carbonyl (C=O) groups excluding carboxylic acids is 1. The van der Waals surface area contributed by atoms with Gasteiger partial charge < -0.3 is 14.8 Å². The molecule has 1 aliphatic rings. The molecule has 0 aromatic carbocycles. The van der Waals surface area contributed by atoms with Gasteiger partial charge >= 0.3 is 0 Å². The maximum atomic E-state index is 12.9. The molecule has 3 rings (SSSR count). The van der Waals surface area contributed by atoms with E-state index in [1.165, 1.54) is 0 Å². The van der Waals surface area contributed by atoms with Crippen LogP contribution in [0.15, 0.2) is 30.5 Å². The van der Waals surface area contributed by atoms with Gasteiger partial charge in [-0.15, -0.1) is 0 Å². The predicted octanol–water partition coefficient (Wildman–Crippen LogP) is 2.23. The fraction of sp³-hybridized carbons (Fsp3) is 0.474. The number of nitrogens with one attached hydrogen (secondary N) is 1. The second-order valence-electron chi connectivity index (χ2n) is 6.66. The molecule has 0 saturated carbocycles. The van der Waals surface area contributed by atoms with Crippen molar-refractivity contribution in [2.24, 2.45) is 5.92 Å². The molecule has 1 aliphatic heterocycles. The van der Waals surface area contributed by atoms with Gasteiger partial charge in [0.05, 0.1) is 17.8 Å². The summed E-state index contributed by atoms with van der Waals surface area (Å²) in [5, 5.41) is 3.21. The lowest BCUT2D eigenvalue weighted by Crippen LogP contribution is -2.30. The van der Waals surface area contributed by atoms with Crippen LogP contribution in [0, 0.1) is 19.8 Å². The van der Waals surface area contributed by atoms with Crippen molar-refractivity contribution < 1.29 is 4.79 Å². The summed E-state index contributed by atoms with van der Waals surface area (Å²) in [6.45, 7) is 7.47. The Morgan fingerprint density at radius 3 is 2.92 bits per heavy atom. The van der Waals surface area contributed by atoms with Crippen LogP contribution < -0.4 is 5.32 Å². The fourth-order valence-corrected chi connectivity index (χ4v) is 3.56. The zero-order chi connectivity index (χ0) is 17.1. The van der Waals surface area contributed by atoms with Crippen molar-refractivity contribution in [3.63, 3.8) is 0 Å². The molecule has 0 bridgehead atoms. The Morgan fingerprint density at radius 1 is 1.38 bits per heavy atom. The summed E-state index contributed by atoms with van der Waals surface area (Å²) in [4.78, 5) is 19.3. The molecule has 1 atom stereocenters. The van der Waals surface area contributed by atoms with Crippen LogP contribution in [-0.2, 0) is 6.54 Å². The molecule has 1 fully saturated rings.